The fourth-order valence-electron chi connectivity index (χ4n) is 3.03. The van der Waals surface area contributed by atoms with Crippen molar-refractivity contribution in [2.45, 2.75) is 52.1 Å². The van der Waals surface area contributed by atoms with E-state index < -0.39 is 11.6 Å². The van der Waals surface area contributed by atoms with Gasteiger partial charge in [0.15, 0.2) is 5.13 Å². The molecule has 3 rings (SSSR count). The van der Waals surface area contributed by atoms with E-state index in [1.165, 1.54) is 6.20 Å². The van der Waals surface area contributed by atoms with Crippen LogP contribution in [-0.2, 0) is 4.74 Å². The molecule has 1 saturated heterocycles. The van der Waals surface area contributed by atoms with E-state index in [9.17, 15) is 9.59 Å². The fourth-order valence-corrected chi connectivity index (χ4v) is 3.69. The number of aromatic nitrogens is 3. The lowest BCUT2D eigenvalue weighted by Crippen LogP contribution is -2.41. The van der Waals surface area contributed by atoms with Crippen LogP contribution in [-0.4, -0.2) is 55.7 Å². The number of hydrogen-bond acceptors (Lipinski definition) is 8. The van der Waals surface area contributed by atoms with E-state index in [4.69, 9.17) is 9.84 Å². The van der Waals surface area contributed by atoms with Gasteiger partial charge in [-0.1, -0.05) is 11.3 Å². The summed E-state index contributed by atoms with van der Waals surface area (Å²) in [7, 11) is 0. The number of amides is 1. The quantitative estimate of drug-likeness (QED) is 0.768. The Morgan fingerprint density at radius 2 is 1.97 bits per heavy atom. The summed E-state index contributed by atoms with van der Waals surface area (Å²) in [4.78, 5) is 38.4. The third kappa shape index (κ3) is 5.63. The minimum atomic E-state index is -1.01. The van der Waals surface area contributed by atoms with E-state index in [0.29, 0.717) is 29.9 Å². The predicted octanol–water partition coefficient (Wildman–Crippen LogP) is 3.80. The highest BCUT2D eigenvalue weighted by molar-refractivity contribution is 7.17. The van der Waals surface area contributed by atoms with Gasteiger partial charge in [-0.05, 0) is 40.5 Å². The number of carbonyl (C=O) groups is 2. The third-order valence-electron chi connectivity index (χ3n) is 4.33. The number of nitrogens with one attached hydrogen (secondary N) is 1. The molecule has 1 amide bonds. The molecule has 0 aliphatic carbocycles. The van der Waals surface area contributed by atoms with E-state index in [0.717, 1.165) is 29.9 Å². The van der Waals surface area contributed by atoms with Crippen LogP contribution in [0.15, 0.2) is 12.3 Å². The molecule has 0 bridgehead atoms. The summed E-state index contributed by atoms with van der Waals surface area (Å²) in [5, 5.41) is 12.6. The van der Waals surface area contributed by atoms with Gasteiger partial charge >= 0.3 is 12.1 Å². The van der Waals surface area contributed by atoms with E-state index in [-0.39, 0.29) is 16.9 Å². The lowest BCUT2D eigenvalue weighted by molar-refractivity contribution is 0.0203. The molecule has 1 fully saturated rings. The van der Waals surface area contributed by atoms with Crippen molar-refractivity contribution in [3.8, 4) is 0 Å². The maximum absolute atomic E-state index is 12.2. The number of ether oxygens (including phenoxy) is 1. The minimum absolute atomic E-state index is 0.139. The summed E-state index contributed by atoms with van der Waals surface area (Å²) in [6.45, 7) is 8.64. The molecule has 0 unspecified atom stereocenters. The summed E-state index contributed by atoms with van der Waals surface area (Å²) in [6.07, 6.45) is 2.53. The highest BCUT2D eigenvalue weighted by Crippen LogP contribution is 2.29. The second-order valence-corrected chi connectivity index (χ2v) is 8.98. The highest BCUT2D eigenvalue weighted by atomic mass is 32.1. The summed E-state index contributed by atoms with van der Waals surface area (Å²) in [6, 6.07) is 1.79. The van der Waals surface area contributed by atoms with Gasteiger partial charge in [-0.15, -0.1) is 0 Å². The van der Waals surface area contributed by atoms with Crippen molar-refractivity contribution in [1.82, 2.24) is 19.9 Å². The molecular weight excluding hydrogens is 394 g/mol. The Hall–Kier alpha value is -2.75. The molecule has 1 aliphatic rings. The van der Waals surface area contributed by atoms with Crippen molar-refractivity contribution in [1.29, 1.82) is 0 Å². The minimum Gasteiger partial charge on any atom is -0.477 e. The Morgan fingerprint density at radius 3 is 2.55 bits per heavy atom. The zero-order valence-electron chi connectivity index (χ0n) is 16.9. The largest absolute Gasteiger partial charge is 0.477 e. The van der Waals surface area contributed by atoms with Gasteiger partial charge in [-0.25, -0.2) is 24.5 Å². The molecule has 1 aliphatic heterocycles. The molecule has 9 nitrogen and oxygen atoms in total. The van der Waals surface area contributed by atoms with Crippen LogP contribution in [0.25, 0.3) is 0 Å². The average molecular weight is 420 g/mol. The van der Waals surface area contributed by atoms with Gasteiger partial charge in [-0.3, -0.25) is 0 Å². The number of aromatic carboxylic acids is 1. The van der Waals surface area contributed by atoms with Crippen molar-refractivity contribution >= 4 is 34.3 Å². The Morgan fingerprint density at radius 1 is 1.28 bits per heavy atom. The van der Waals surface area contributed by atoms with Crippen molar-refractivity contribution in [3.63, 3.8) is 0 Å². The normalized spacial score (nSPS) is 15.2. The summed E-state index contributed by atoms with van der Waals surface area (Å²) in [5.41, 5.74) is 0.298. The zero-order chi connectivity index (χ0) is 21.2. The Balaban J connectivity index is 1.66. The van der Waals surface area contributed by atoms with Crippen LogP contribution < -0.4 is 5.32 Å². The first-order valence-electron chi connectivity index (χ1n) is 9.40. The van der Waals surface area contributed by atoms with Crippen LogP contribution in [0.2, 0.25) is 0 Å². The van der Waals surface area contributed by atoms with E-state index in [1.54, 1.807) is 11.0 Å². The summed E-state index contributed by atoms with van der Waals surface area (Å²) in [5.74, 6) is 0.423. The van der Waals surface area contributed by atoms with Crippen LogP contribution >= 0.6 is 11.3 Å². The number of nitrogens with zero attached hydrogens (tertiary/aromatic N) is 4. The topological polar surface area (TPSA) is 118 Å². The maximum Gasteiger partial charge on any atom is 0.410 e. The predicted molar refractivity (Wildman–Crippen MR) is 109 cm³/mol. The van der Waals surface area contributed by atoms with Gasteiger partial charge in [0.1, 0.15) is 22.1 Å². The molecule has 3 heterocycles. The average Bonchev–Trinajstić information content (AvgIpc) is 3.09. The van der Waals surface area contributed by atoms with Gasteiger partial charge in [0, 0.05) is 30.8 Å². The number of carboxylic acids is 1. The second-order valence-electron chi connectivity index (χ2n) is 7.95. The first-order valence-corrected chi connectivity index (χ1v) is 10.2. The monoisotopic (exact) mass is 419 g/mol. The number of piperidine rings is 1. The number of likely N-dealkylation sites (tertiary alicyclic amines) is 1. The standard InChI is InChI=1S/C19H25N5O4S/c1-11-9-14(23-17-20-10-13(29-17)16(25)26)22-15(21-11)12-5-7-24(8-6-12)18(27)28-19(2,3)4/h9-10,12H,5-8H2,1-4H3,(H,25,26)(H,20,21,22,23). The highest BCUT2D eigenvalue weighted by Gasteiger charge is 2.29. The van der Waals surface area contributed by atoms with Crippen LogP contribution in [0.4, 0.5) is 15.7 Å². The van der Waals surface area contributed by atoms with Crippen LogP contribution in [0.5, 0.6) is 0 Å². The number of carbonyl (C=O) groups excluding carboxylic acids is 1. The van der Waals surface area contributed by atoms with E-state index in [2.05, 4.69) is 20.3 Å². The van der Waals surface area contributed by atoms with Gasteiger partial charge in [0.2, 0.25) is 0 Å². The number of thiazole rings is 1. The summed E-state index contributed by atoms with van der Waals surface area (Å²) < 4.78 is 5.44. The molecule has 10 heteroatoms. The van der Waals surface area contributed by atoms with Crippen LogP contribution in [0, 0.1) is 6.92 Å². The van der Waals surface area contributed by atoms with Gasteiger partial charge < -0.3 is 20.1 Å². The van der Waals surface area contributed by atoms with Crippen molar-refractivity contribution in [3.05, 3.63) is 28.7 Å². The second kappa shape index (κ2) is 8.32. The molecule has 2 aromatic rings. The molecule has 2 N–H and O–H groups in total. The molecule has 0 aromatic carbocycles. The fraction of sp³-hybridized carbons (Fsp3) is 0.526. The molecule has 156 valence electrons. The molecule has 0 atom stereocenters. The molecule has 0 radical (unpaired) electrons. The zero-order valence-corrected chi connectivity index (χ0v) is 17.7. The van der Waals surface area contributed by atoms with Crippen LogP contribution in [0.1, 0.15) is 60.7 Å². The smallest absolute Gasteiger partial charge is 0.410 e. The van der Waals surface area contributed by atoms with E-state index in [1.807, 2.05) is 27.7 Å². The molecule has 29 heavy (non-hydrogen) atoms. The number of rotatable bonds is 4. The Labute approximate surface area is 173 Å². The maximum atomic E-state index is 12.2. The Kier molecular flexibility index (Phi) is 6.02. The van der Waals surface area contributed by atoms with Crippen molar-refractivity contribution < 1.29 is 19.4 Å². The third-order valence-corrected chi connectivity index (χ3v) is 5.24. The molecular formula is C19H25N5O4S. The number of anilines is 2. The van der Waals surface area contributed by atoms with Gasteiger partial charge in [0.05, 0.1) is 6.20 Å². The van der Waals surface area contributed by atoms with Crippen molar-refractivity contribution in [2.24, 2.45) is 0 Å². The lowest BCUT2D eigenvalue weighted by atomic mass is 9.96. The first kappa shape index (κ1) is 21.0. The molecule has 2 aromatic heterocycles. The van der Waals surface area contributed by atoms with Gasteiger partial charge in [0.25, 0.3) is 0 Å². The number of carboxylic acid groups (broad SMARTS) is 1. The van der Waals surface area contributed by atoms with Crippen LogP contribution in [0.3, 0.4) is 0 Å². The summed E-state index contributed by atoms with van der Waals surface area (Å²) >= 11 is 1.05. The number of hydrogen-bond donors (Lipinski definition) is 2. The lowest BCUT2D eigenvalue weighted by Gasteiger charge is -2.33. The Bertz CT molecular complexity index is 900. The molecule has 0 saturated carbocycles. The van der Waals surface area contributed by atoms with Crippen molar-refractivity contribution in [2.75, 3.05) is 18.4 Å². The van der Waals surface area contributed by atoms with Gasteiger partial charge in [-0.2, -0.15) is 0 Å². The van der Waals surface area contributed by atoms with E-state index >= 15 is 0 Å². The number of aryl methyl sites for hydroxylation is 1. The molecule has 0 spiro atoms. The SMILES string of the molecule is Cc1cc(Nc2ncc(C(=O)O)s2)nc(C2CCN(C(=O)OC(C)(C)C)CC2)n1. The first-order chi connectivity index (χ1) is 13.6.